The Morgan fingerprint density at radius 3 is 2.10 bits per heavy atom. The number of benzene rings is 2. The van der Waals surface area contributed by atoms with E-state index in [-0.39, 0.29) is 47.9 Å². The summed E-state index contributed by atoms with van der Waals surface area (Å²) >= 11 is 5.65. The fourth-order valence-corrected chi connectivity index (χ4v) is 10.1. The summed E-state index contributed by atoms with van der Waals surface area (Å²) in [5.41, 5.74) is 2.99. The van der Waals surface area contributed by atoms with Crippen LogP contribution in [0.1, 0.15) is 112 Å². The molecule has 0 saturated carbocycles. The Balaban J connectivity index is 0.000000279. The van der Waals surface area contributed by atoms with Gasteiger partial charge in [0.1, 0.15) is 5.76 Å². The van der Waals surface area contributed by atoms with Crippen LogP contribution in [0.2, 0.25) is 0 Å². The van der Waals surface area contributed by atoms with E-state index in [1.165, 1.54) is 56.9 Å². The van der Waals surface area contributed by atoms with Gasteiger partial charge in [0, 0.05) is 78.7 Å². The van der Waals surface area contributed by atoms with Crippen LogP contribution in [0.15, 0.2) is 59.8 Å². The second-order valence-corrected chi connectivity index (χ2v) is 18.8. The minimum Gasteiger partial charge on any atom is -0.512 e. The van der Waals surface area contributed by atoms with Gasteiger partial charge in [-0.25, -0.2) is 0 Å². The van der Waals surface area contributed by atoms with Crippen LogP contribution in [-0.2, 0) is 36.7 Å². The van der Waals surface area contributed by atoms with Gasteiger partial charge < -0.3 is 5.11 Å². The summed E-state index contributed by atoms with van der Waals surface area (Å²) in [6, 6.07) is 17.4. The van der Waals surface area contributed by atoms with E-state index in [1.54, 1.807) is 0 Å². The van der Waals surface area contributed by atoms with E-state index in [0.29, 0.717) is 5.92 Å². The van der Waals surface area contributed by atoms with Crippen LogP contribution >= 0.6 is 34.0 Å². The van der Waals surface area contributed by atoms with Gasteiger partial charge in [-0.3, -0.25) is 9.78 Å². The summed E-state index contributed by atoms with van der Waals surface area (Å²) in [4.78, 5) is 18.6. The standard InChI is InChI=1S/C29H26NS3.C15H28O2.Ir/c1-16(2)12-19-15-22-24(32-19)7-6-20-21-8-10-30-25(28(21)33-27(20)22)18-13-17-9-11-31-26(17)23(14-18)29(3,4)5;1-7-14(5,8-2)12(16)11-13(17)15(6,9-3)10-4;/h6-11,14-16H,12H2,1-5H3;11,16H,7-10H2,1-6H3;/q-1;;/b;12-11-;. The molecule has 0 amide bonds. The summed E-state index contributed by atoms with van der Waals surface area (Å²) in [5, 5.41) is 17.5. The number of carbonyl (C=O) groups excluding carboxylic acids is 1. The molecule has 1 N–H and O–H groups in total. The second kappa shape index (κ2) is 16.3. The van der Waals surface area contributed by atoms with Crippen molar-refractivity contribution in [2.45, 2.75) is 114 Å². The Kier molecular flexibility index (Phi) is 13.2. The fraction of sp³-hybridized carbons (Fsp3) is 0.455. The molecule has 3 nitrogen and oxygen atoms in total. The summed E-state index contributed by atoms with van der Waals surface area (Å²) in [6.45, 7) is 23.6. The molecule has 0 fully saturated rings. The van der Waals surface area contributed by atoms with Crippen LogP contribution in [0.5, 0.6) is 0 Å². The number of aliphatic hydroxyl groups is 1. The van der Waals surface area contributed by atoms with Crippen molar-refractivity contribution in [2.75, 3.05) is 0 Å². The number of fused-ring (bicyclic) bond motifs is 6. The molecule has 7 heteroatoms. The predicted molar refractivity (Wildman–Crippen MR) is 223 cm³/mol. The van der Waals surface area contributed by atoms with Gasteiger partial charge in [-0.15, -0.1) is 46.3 Å². The average molecular weight is 917 g/mol. The Morgan fingerprint density at radius 2 is 1.49 bits per heavy atom. The second-order valence-electron chi connectivity index (χ2n) is 15.7. The Morgan fingerprint density at radius 1 is 0.843 bits per heavy atom. The van der Waals surface area contributed by atoms with E-state index in [9.17, 15) is 9.90 Å². The van der Waals surface area contributed by atoms with Crippen molar-refractivity contribution in [1.82, 2.24) is 4.98 Å². The minimum absolute atomic E-state index is 0. The van der Waals surface area contributed by atoms with E-state index < -0.39 is 0 Å². The van der Waals surface area contributed by atoms with E-state index in [1.807, 2.05) is 81.7 Å². The zero-order valence-electron chi connectivity index (χ0n) is 32.2. The first-order valence-electron chi connectivity index (χ1n) is 18.2. The zero-order chi connectivity index (χ0) is 36.6. The number of pyridine rings is 1. The minimum atomic E-state index is -0.337. The monoisotopic (exact) mass is 917 g/mol. The van der Waals surface area contributed by atoms with Gasteiger partial charge in [0.15, 0.2) is 5.78 Å². The van der Waals surface area contributed by atoms with Gasteiger partial charge in [0.25, 0.3) is 0 Å². The van der Waals surface area contributed by atoms with Crippen molar-refractivity contribution in [2.24, 2.45) is 16.7 Å². The third-order valence-corrected chi connectivity index (χ3v) is 14.2. The van der Waals surface area contributed by atoms with Gasteiger partial charge >= 0.3 is 0 Å². The molecule has 51 heavy (non-hydrogen) atoms. The Bertz CT molecular complexity index is 2170. The largest absolute Gasteiger partial charge is 0.512 e. The first kappa shape index (κ1) is 41.3. The average Bonchev–Trinajstić information content (AvgIpc) is 3.82. The van der Waals surface area contributed by atoms with Crippen LogP contribution in [0, 0.1) is 22.8 Å². The molecule has 0 bridgehead atoms. The van der Waals surface area contributed by atoms with Gasteiger partial charge in [0.2, 0.25) is 0 Å². The van der Waals surface area contributed by atoms with Crippen molar-refractivity contribution in [3.05, 3.63) is 76.3 Å². The number of carbonyl (C=O) groups is 1. The summed E-state index contributed by atoms with van der Waals surface area (Å²) < 4.78 is 5.38. The molecule has 0 aliphatic rings. The maximum Gasteiger partial charge on any atom is 0.164 e. The SMILES string of the molecule is CC(C)Cc1cc2c(ccc3c4ccnc(-c5[c-]c6ccsc6c(C(C)(C)C)c5)c4sc23)s1.CCC(C)(CC)C(=O)/C=C(\O)C(C)(CC)CC.[Ir]. The van der Waals surface area contributed by atoms with Crippen LogP contribution in [0.4, 0.5) is 0 Å². The van der Waals surface area contributed by atoms with E-state index in [2.05, 4.69) is 82.5 Å². The first-order valence-corrected chi connectivity index (χ1v) is 20.7. The topological polar surface area (TPSA) is 50.2 Å². The first-order chi connectivity index (χ1) is 23.6. The molecule has 0 aliphatic heterocycles. The van der Waals surface area contributed by atoms with Crippen LogP contribution in [0.25, 0.3) is 51.6 Å². The zero-order valence-corrected chi connectivity index (χ0v) is 37.0. The van der Waals surface area contributed by atoms with Crippen molar-refractivity contribution in [1.29, 1.82) is 0 Å². The molecular formula is C44H54IrNO2S3-. The molecule has 6 rings (SSSR count). The molecule has 1 radical (unpaired) electrons. The van der Waals surface area contributed by atoms with Gasteiger partial charge in [0.05, 0.1) is 0 Å². The van der Waals surface area contributed by atoms with Crippen molar-refractivity contribution >= 4 is 80.1 Å². The normalized spacial score (nSPS) is 12.9. The third-order valence-electron chi connectivity index (χ3n) is 10.8. The molecular weight excluding hydrogens is 863 g/mol. The molecule has 0 aliphatic carbocycles. The number of nitrogens with zero attached hydrogens (tertiary/aromatic N) is 1. The molecule has 0 spiro atoms. The molecule has 4 heterocycles. The predicted octanol–water partition coefficient (Wildman–Crippen LogP) is 14.5. The van der Waals surface area contributed by atoms with Crippen molar-refractivity contribution in [3.63, 3.8) is 0 Å². The number of rotatable bonds is 10. The smallest absolute Gasteiger partial charge is 0.164 e. The number of thiophene rings is 3. The van der Waals surface area contributed by atoms with E-state index >= 15 is 0 Å². The summed E-state index contributed by atoms with van der Waals surface area (Å²) in [5.74, 6) is 0.958. The number of hydrogen-bond donors (Lipinski definition) is 1. The number of hydrogen-bond acceptors (Lipinski definition) is 6. The van der Waals surface area contributed by atoms with Crippen molar-refractivity contribution < 1.29 is 30.0 Å². The van der Waals surface area contributed by atoms with Crippen molar-refractivity contribution in [3.8, 4) is 11.3 Å². The Hall–Kier alpha value is -2.41. The third kappa shape index (κ3) is 8.39. The van der Waals surface area contributed by atoms with Crippen LogP contribution in [0.3, 0.4) is 0 Å². The number of allylic oxidation sites excluding steroid dienone is 2. The van der Waals surface area contributed by atoms with Crippen LogP contribution < -0.4 is 0 Å². The fourth-order valence-electron chi connectivity index (χ4n) is 6.40. The molecule has 0 unspecified atom stereocenters. The molecule has 0 saturated heterocycles. The van der Waals surface area contributed by atoms with Crippen LogP contribution in [-0.4, -0.2) is 15.9 Å². The summed E-state index contributed by atoms with van der Waals surface area (Å²) in [7, 11) is 0. The Labute approximate surface area is 330 Å². The molecule has 275 valence electrons. The molecule has 4 aromatic heterocycles. The van der Waals surface area contributed by atoms with Gasteiger partial charge in [-0.05, 0) is 77.1 Å². The maximum absolute atomic E-state index is 12.2. The summed E-state index contributed by atoms with van der Waals surface area (Å²) in [6.07, 6.45) is 7.86. The molecule has 2 aromatic carbocycles. The molecule has 0 atom stereocenters. The maximum atomic E-state index is 12.2. The number of aromatic nitrogens is 1. The van der Waals surface area contributed by atoms with Gasteiger partial charge in [-0.1, -0.05) is 93.4 Å². The quantitative estimate of drug-likeness (QED) is 0.0846. The number of ketones is 1. The van der Waals surface area contributed by atoms with E-state index in [4.69, 9.17) is 4.98 Å². The number of aliphatic hydroxyl groups excluding tert-OH is 1. The molecule has 6 aromatic rings. The van der Waals surface area contributed by atoms with E-state index in [0.717, 1.165) is 43.4 Å². The van der Waals surface area contributed by atoms with Gasteiger partial charge in [-0.2, -0.15) is 11.3 Å².